The molecule has 2 unspecified atom stereocenters. The fraction of sp³-hybridized carbons (Fsp3) is 0.429. The van der Waals surface area contributed by atoms with Crippen LogP contribution < -0.4 is 15.5 Å². The molecule has 2 bridgehead atoms. The van der Waals surface area contributed by atoms with Crippen molar-refractivity contribution in [2.24, 2.45) is 7.05 Å². The SMILES string of the molecule is Cn1cc(NC(=O)c2ccc3ccc(N4CC5CCC(C4)N5)nn23)c(C(F)F)n1.O=C(O)C(F)(F)F. The summed E-state index contributed by atoms with van der Waals surface area (Å²) in [6, 6.07) is 8.23. The summed E-state index contributed by atoms with van der Waals surface area (Å²) in [5, 5.41) is 21.6. The number of aryl methyl sites for hydroxylation is 1. The summed E-state index contributed by atoms with van der Waals surface area (Å²) in [6.07, 6.45) is -4.16. The number of carbonyl (C=O) groups excluding carboxylic acids is 1. The van der Waals surface area contributed by atoms with E-state index in [9.17, 15) is 26.7 Å². The van der Waals surface area contributed by atoms with Crippen molar-refractivity contribution in [3.63, 3.8) is 0 Å². The Bertz CT molecular complexity index is 1260. The topological polar surface area (TPSA) is 117 Å². The van der Waals surface area contributed by atoms with Crippen LogP contribution in [0, 0.1) is 0 Å². The molecule has 2 aliphatic rings. The number of carboxylic acids is 1. The number of carboxylic acid groups (broad SMARTS) is 1. The van der Waals surface area contributed by atoms with E-state index in [4.69, 9.17) is 9.90 Å². The molecule has 3 N–H and O–H groups in total. The van der Waals surface area contributed by atoms with Crippen LogP contribution in [-0.4, -0.2) is 67.7 Å². The van der Waals surface area contributed by atoms with Gasteiger partial charge in [-0.05, 0) is 37.1 Å². The van der Waals surface area contributed by atoms with Gasteiger partial charge < -0.3 is 20.6 Å². The van der Waals surface area contributed by atoms with Gasteiger partial charge >= 0.3 is 12.1 Å². The van der Waals surface area contributed by atoms with Gasteiger partial charge in [-0.1, -0.05) is 0 Å². The Kier molecular flexibility index (Phi) is 6.84. The van der Waals surface area contributed by atoms with Crippen molar-refractivity contribution in [1.82, 2.24) is 24.7 Å². The van der Waals surface area contributed by atoms with Crippen LogP contribution in [0.4, 0.5) is 33.5 Å². The van der Waals surface area contributed by atoms with E-state index >= 15 is 0 Å². The molecular weight excluding hydrogens is 493 g/mol. The smallest absolute Gasteiger partial charge is 0.475 e. The van der Waals surface area contributed by atoms with Gasteiger partial charge in [0, 0.05) is 38.4 Å². The Morgan fingerprint density at radius 2 is 1.72 bits per heavy atom. The standard InChI is InChI=1S/C19H21F2N7O.C2HF3O2/c1-26-10-14(17(25-26)18(20)21)23-19(29)15-6-4-13-5-7-16(24-28(13)15)27-8-11-2-3-12(9-27)22-11;3-2(4,5)1(6)7/h4-7,10-12,18,22H,2-3,8-9H2,1H3,(H,23,29);(H,6,7). The lowest BCUT2D eigenvalue weighted by Gasteiger charge is -2.33. The predicted octanol–water partition coefficient (Wildman–Crippen LogP) is 2.83. The summed E-state index contributed by atoms with van der Waals surface area (Å²) >= 11 is 0. The van der Waals surface area contributed by atoms with Gasteiger partial charge in [0.15, 0.2) is 5.69 Å². The van der Waals surface area contributed by atoms with Crippen LogP contribution >= 0.6 is 0 Å². The highest BCUT2D eigenvalue weighted by molar-refractivity contribution is 6.04. The summed E-state index contributed by atoms with van der Waals surface area (Å²) in [5.41, 5.74) is 0.588. The van der Waals surface area contributed by atoms with Crippen LogP contribution in [0.1, 0.15) is 35.4 Å². The lowest BCUT2D eigenvalue weighted by Crippen LogP contribution is -2.51. The number of amides is 1. The molecule has 0 saturated carbocycles. The van der Waals surface area contributed by atoms with E-state index in [1.54, 1.807) is 16.6 Å². The van der Waals surface area contributed by atoms with Crippen molar-refractivity contribution in [3.8, 4) is 0 Å². The lowest BCUT2D eigenvalue weighted by atomic mass is 10.2. The van der Waals surface area contributed by atoms with E-state index in [1.165, 1.54) is 17.9 Å². The van der Waals surface area contributed by atoms with Gasteiger partial charge in [-0.25, -0.2) is 18.1 Å². The number of hydrogen-bond acceptors (Lipinski definition) is 6. The van der Waals surface area contributed by atoms with Crippen LogP contribution in [0.2, 0.25) is 0 Å². The molecule has 3 aromatic rings. The fourth-order valence-electron chi connectivity index (χ4n) is 4.25. The molecule has 10 nitrogen and oxygen atoms in total. The van der Waals surface area contributed by atoms with Crippen molar-refractivity contribution >= 4 is 28.9 Å². The zero-order chi connectivity index (χ0) is 26.2. The van der Waals surface area contributed by atoms with Gasteiger partial charge in [-0.15, -0.1) is 5.10 Å². The lowest BCUT2D eigenvalue weighted by molar-refractivity contribution is -0.192. The molecule has 1 amide bonds. The highest BCUT2D eigenvalue weighted by Gasteiger charge is 2.38. The van der Waals surface area contributed by atoms with Crippen LogP contribution in [0.15, 0.2) is 30.5 Å². The number of halogens is 5. The monoisotopic (exact) mass is 515 g/mol. The normalized spacial score (nSPS) is 19.4. The van der Waals surface area contributed by atoms with Crippen LogP contribution in [-0.2, 0) is 11.8 Å². The van der Waals surface area contributed by atoms with Crippen LogP contribution in [0.3, 0.4) is 0 Å². The molecule has 194 valence electrons. The summed E-state index contributed by atoms with van der Waals surface area (Å²) < 4.78 is 60.9. The molecular formula is C21H22F5N7O3. The zero-order valence-corrected chi connectivity index (χ0v) is 18.8. The Hall–Kier alpha value is -3.75. The number of hydrogen-bond donors (Lipinski definition) is 3. The number of fused-ring (bicyclic) bond motifs is 3. The van der Waals surface area contributed by atoms with Gasteiger partial charge in [-0.2, -0.15) is 18.3 Å². The first kappa shape index (κ1) is 25.3. The molecule has 5 heterocycles. The van der Waals surface area contributed by atoms with Crippen molar-refractivity contribution < 1.29 is 36.6 Å². The average Bonchev–Trinajstić information content (AvgIpc) is 3.49. The number of nitrogens with zero attached hydrogens (tertiary/aromatic N) is 5. The number of rotatable bonds is 4. The second kappa shape index (κ2) is 9.72. The molecule has 36 heavy (non-hydrogen) atoms. The summed E-state index contributed by atoms with van der Waals surface area (Å²) in [5.74, 6) is -2.46. The quantitative estimate of drug-likeness (QED) is 0.458. The number of alkyl halides is 5. The summed E-state index contributed by atoms with van der Waals surface area (Å²) in [6.45, 7) is 1.76. The van der Waals surface area contributed by atoms with Crippen molar-refractivity contribution in [3.05, 3.63) is 41.9 Å². The van der Waals surface area contributed by atoms with Gasteiger partial charge in [0.1, 0.15) is 11.5 Å². The third-order valence-corrected chi connectivity index (χ3v) is 5.82. The van der Waals surface area contributed by atoms with Gasteiger partial charge in [-0.3, -0.25) is 9.48 Å². The maximum absolute atomic E-state index is 13.2. The second-order valence-electron chi connectivity index (χ2n) is 8.45. The third kappa shape index (κ3) is 5.40. The average molecular weight is 515 g/mol. The first-order valence-corrected chi connectivity index (χ1v) is 10.9. The van der Waals surface area contributed by atoms with Crippen molar-refractivity contribution in [2.75, 3.05) is 23.3 Å². The molecule has 2 saturated heterocycles. The zero-order valence-electron chi connectivity index (χ0n) is 18.8. The molecule has 0 aromatic carbocycles. The number of nitrogens with one attached hydrogen (secondary N) is 2. The first-order valence-electron chi connectivity index (χ1n) is 10.9. The third-order valence-electron chi connectivity index (χ3n) is 5.82. The molecule has 0 radical (unpaired) electrons. The van der Waals surface area contributed by atoms with Crippen LogP contribution in [0.25, 0.3) is 5.52 Å². The highest BCUT2D eigenvalue weighted by Crippen LogP contribution is 2.27. The maximum atomic E-state index is 13.2. The number of piperazine rings is 1. The Morgan fingerprint density at radius 3 is 2.31 bits per heavy atom. The minimum absolute atomic E-state index is 0.00251. The molecule has 3 aromatic heterocycles. The van der Waals surface area contributed by atoms with Crippen molar-refractivity contribution in [1.29, 1.82) is 0 Å². The molecule has 15 heteroatoms. The number of aliphatic carboxylic acids is 1. The number of anilines is 2. The predicted molar refractivity (Wildman–Crippen MR) is 117 cm³/mol. The van der Waals surface area contributed by atoms with Gasteiger partial charge in [0.05, 0.1) is 11.2 Å². The minimum Gasteiger partial charge on any atom is -0.475 e. The molecule has 5 rings (SSSR count). The minimum atomic E-state index is -5.08. The van der Waals surface area contributed by atoms with E-state index in [1.807, 2.05) is 12.1 Å². The largest absolute Gasteiger partial charge is 0.490 e. The number of aromatic nitrogens is 4. The molecule has 0 spiro atoms. The molecule has 0 aliphatic carbocycles. The van der Waals surface area contributed by atoms with Crippen LogP contribution in [0.5, 0.6) is 0 Å². The fourth-order valence-corrected chi connectivity index (χ4v) is 4.25. The summed E-state index contributed by atoms with van der Waals surface area (Å²) in [7, 11) is 1.53. The van der Waals surface area contributed by atoms with Gasteiger partial charge in [0.2, 0.25) is 0 Å². The van der Waals surface area contributed by atoms with E-state index in [2.05, 4.69) is 25.7 Å². The van der Waals surface area contributed by atoms with Crippen molar-refractivity contribution in [2.45, 2.75) is 37.5 Å². The first-order chi connectivity index (χ1) is 16.9. The van der Waals surface area contributed by atoms with E-state index < -0.39 is 30.2 Å². The Labute approximate surface area is 200 Å². The van der Waals surface area contributed by atoms with E-state index in [0.717, 1.165) is 37.3 Å². The Morgan fingerprint density at radius 1 is 1.11 bits per heavy atom. The second-order valence-corrected chi connectivity index (χ2v) is 8.45. The van der Waals surface area contributed by atoms with Gasteiger partial charge in [0.25, 0.3) is 12.3 Å². The maximum Gasteiger partial charge on any atom is 0.490 e. The summed E-state index contributed by atoms with van der Waals surface area (Å²) in [4.78, 5) is 23.9. The highest BCUT2D eigenvalue weighted by atomic mass is 19.4. The Balaban J connectivity index is 0.000000384. The molecule has 2 fully saturated rings. The molecule has 2 aliphatic heterocycles. The van der Waals surface area contributed by atoms with E-state index in [-0.39, 0.29) is 11.4 Å². The number of carbonyl (C=O) groups is 2. The molecule has 2 atom stereocenters. The van der Waals surface area contributed by atoms with E-state index in [0.29, 0.717) is 12.1 Å².